The Kier molecular flexibility index (Phi) is 5.42. The van der Waals surface area contributed by atoms with Crippen LogP contribution in [-0.2, 0) is 4.74 Å². The molecule has 0 radical (unpaired) electrons. The minimum absolute atomic E-state index is 0.0514. The van der Waals surface area contributed by atoms with E-state index in [9.17, 15) is 0 Å². The summed E-state index contributed by atoms with van der Waals surface area (Å²) in [6, 6.07) is 23.0. The maximum atomic E-state index is 8.91. The Balaban J connectivity index is 1.78. The molecule has 0 bridgehead atoms. The number of piperidine rings is 1. The molecule has 3 heteroatoms. The molecule has 0 N–H and O–H groups in total. The van der Waals surface area contributed by atoms with Crippen LogP contribution in [0, 0.1) is 11.3 Å². The zero-order chi connectivity index (χ0) is 15.9. The molecule has 0 aromatic heterocycles. The highest BCUT2D eigenvalue weighted by atomic mass is 16.5. The third-order valence-electron chi connectivity index (χ3n) is 4.29. The van der Waals surface area contributed by atoms with Gasteiger partial charge in [-0.05, 0) is 30.5 Å². The van der Waals surface area contributed by atoms with Gasteiger partial charge in [0.25, 0.3) is 0 Å². The largest absolute Gasteiger partial charge is 0.364 e. The van der Waals surface area contributed by atoms with E-state index >= 15 is 0 Å². The van der Waals surface area contributed by atoms with E-state index in [1.54, 1.807) is 0 Å². The lowest BCUT2D eigenvalue weighted by Crippen LogP contribution is -2.40. The van der Waals surface area contributed by atoms with Crippen LogP contribution >= 0.6 is 0 Å². The number of ether oxygens (including phenoxy) is 1. The van der Waals surface area contributed by atoms with Gasteiger partial charge in [-0.25, -0.2) is 0 Å². The van der Waals surface area contributed by atoms with Crippen molar-refractivity contribution in [3.63, 3.8) is 0 Å². The molecule has 1 aliphatic rings. The summed E-state index contributed by atoms with van der Waals surface area (Å²) in [5, 5.41) is 8.91. The standard InChI is InChI=1S/C20H22N2O/c21-13-15-22-14-7-12-19(16-22)23-20(17-8-3-1-4-9-17)18-10-5-2-6-11-18/h1-6,8-11,19-20H,7,12,14-16H2. The van der Waals surface area contributed by atoms with Gasteiger partial charge in [-0.1, -0.05) is 60.7 Å². The van der Waals surface area contributed by atoms with Gasteiger partial charge in [-0.3, -0.25) is 4.90 Å². The van der Waals surface area contributed by atoms with Crippen molar-refractivity contribution in [2.75, 3.05) is 19.6 Å². The van der Waals surface area contributed by atoms with Crippen molar-refractivity contribution in [2.45, 2.75) is 25.0 Å². The zero-order valence-corrected chi connectivity index (χ0v) is 13.3. The molecule has 3 rings (SSSR count). The van der Waals surface area contributed by atoms with Crippen LogP contribution in [-0.4, -0.2) is 30.6 Å². The zero-order valence-electron chi connectivity index (χ0n) is 13.3. The minimum Gasteiger partial charge on any atom is -0.364 e. The predicted molar refractivity (Wildman–Crippen MR) is 90.9 cm³/mol. The maximum absolute atomic E-state index is 8.91. The molecule has 2 aromatic rings. The molecule has 1 fully saturated rings. The number of hydrogen-bond donors (Lipinski definition) is 0. The molecular weight excluding hydrogens is 284 g/mol. The highest BCUT2D eigenvalue weighted by molar-refractivity contribution is 5.30. The summed E-state index contributed by atoms with van der Waals surface area (Å²) in [4.78, 5) is 2.18. The van der Waals surface area contributed by atoms with Crippen LogP contribution in [0.2, 0.25) is 0 Å². The fraction of sp³-hybridized carbons (Fsp3) is 0.350. The van der Waals surface area contributed by atoms with Gasteiger partial charge in [-0.15, -0.1) is 0 Å². The Morgan fingerprint density at radius 1 is 1.04 bits per heavy atom. The first-order chi connectivity index (χ1) is 11.4. The van der Waals surface area contributed by atoms with E-state index in [4.69, 9.17) is 10.00 Å². The van der Waals surface area contributed by atoms with E-state index in [-0.39, 0.29) is 12.2 Å². The van der Waals surface area contributed by atoms with Crippen LogP contribution in [0.4, 0.5) is 0 Å². The number of nitrogens with zero attached hydrogens (tertiary/aromatic N) is 2. The smallest absolute Gasteiger partial charge is 0.108 e. The summed E-state index contributed by atoms with van der Waals surface area (Å²) in [5.74, 6) is 0. The summed E-state index contributed by atoms with van der Waals surface area (Å²) in [7, 11) is 0. The summed E-state index contributed by atoms with van der Waals surface area (Å²) >= 11 is 0. The Morgan fingerprint density at radius 3 is 2.22 bits per heavy atom. The molecule has 23 heavy (non-hydrogen) atoms. The Morgan fingerprint density at radius 2 is 1.65 bits per heavy atom. The van der Waals surface area contributed by atoms with Gasteiger partial charge in [-0.2, -0.15) is 5.26 Å². The van der Waals surface area contributed by atoms with E-state index in [2.05, 4.69) is 59.5 Å². The van der Waals surface area contributed by atoms with Gasteiger partial charge in [0, 0.05) is 6.54 Å². The number of benzene rings is 2. The summed E-state index contributed by atoms with van der Waals surface area (Å²) in [6.45, 7) is 2.32. The molecule has 118 valence electrons. The van der Waals surface area contributed by atoms with Crippen LogP contribution in [0.3, 0.4) is 0 Å². The Bertz CT molecular complexity index is 596. The van der Waals surface area contributed by atoms with Crippen LogP contribution in [0.1, 0.15) is 30.1 Å². The average molecular weight is 306 g/mol. The van der Waals surface area contributed by atoms with E-state index in [1.165, 1.54) is 11.1 Å². The first kappa shape index (κ1) is 15.7. The van der Waals surface area contributed by atoms with Crippen molar-refractivity contribution in [3.8, 4) is 6.07 Å². The van der Waals surface area contributed by atoms with E-state index in [1.807, 2.05) is 12.1 Å². The molecule has 1 atom stereocenters. The monoisotopic (exact) mass is 306 g/mol. The highest BCUT2D eigenvalue weighted by Crippen LogP contribution is 2.29. The predicted octanol–water partition coefficient (Wildman–Crippen LogP) is 3.78. The molecule has 0 spiro atoms. The van der Waals surface area contributed by atoms with Crippen molar-refractivity contribution in [1.82, 2.24) is 4.90 Å². The van der Waals surface area contributed by atoms with E-state index in [0.717, 1.165) is 25.9 Å². The summed E-state index contributed by atoms with van der Waals surface area (Å²) in [5.41, 5.74) is 2.35. The number of hydrogen-bond acceptors (Lipinski definition) is 3. The number of rotatable bonds is 5. The summed E-state index contributed by atoms with van der Waals surface area (Å²) in [6.07, 6.45) is 2.26. The average Bonchev–Trinajstić information content (AvgIpc) is 2.62. The fourth-order valence-electron chi connectivity index (χ4n) is 3.17. The van der Waals surface area contributed by atoms with Crippen LogP contribution < -0.4 is 0 Å². The van der Waals surface area contributed by atoms with Crippen LogP contribution in [0.25, 0.3) is 0 Å². The Labute approximate surface area is 138 Å². The third-order valence-corrected chi connectivity index (χ3v) is 4.29. The first-order valence-electron chi connectivity index (χ1n) is 8.21. The van der Waals surface area contributed by atoms with Crippen molar-refractivity contribution < 1.29 is 4.74 Å². The molecule has 0 aliphatic carbocycles. The SMILES string of the molecule is N#CCN1CCCC(OC(c2ccccc2)c2ccccc2)C1. The lowest BCUT2D eigenvalue weighted by molar-refractivity contribution is -0.0307. The van der Waals surface area contributed by atoms with Crippen molar-refractivity contribution >= 4 is 0 Å². The molecule has 3 nitrogen and oxygen atoms in total. The van der Waals surface area contributed by atoms with Gasteiger partial charge < -0.3 is 4.74 Å². The topological polar surface area (TPSA) is 36.3 Å². The van der Waals surface area contributed by atoms with Gasteiger partial charge in [0.15, 0.2) is 0 Å². The number of nitriles is 1. The molecule has 1 aliphatic heterocycles. The van der Waals surface area contributed by atoms with Crippen molar-refractivity contribution in [3.05, 3.63) is 71.8 Å². The number of likely N-dealkylation sites (tertiary alicyclic amines) is 1. The van der Waals surface area contributed by atoms with Crippen LogP contribution in [0.15, 0.2) is 60.7 Å². The molecule has 1 heterocycles. The van der Waals surface area contributed by atoms with Gasteiger partial charge in [0.1, 0.15) is 6.10 Å². The Hall–Kier alpha value is -2.15. The molecule has 0 saturated carbocycles. The van der Waals surface area contributed by atoms with Crippen molar-refractivity contribution in [1.29, 1.82) is 5.26 Å². The molecule has 1 saturated heterocycles. The second-order valence-corrected chi connectivity index (χ2v) is 5.99. The van der Waals surface area contributed by atoms with Crippen molar-refractivity contribution in [2.24, 2.45) is 0 Å². The maximum Gasteiger partial charge on any atom is 0.108 e. The van der Waals surface area contributed by atoms with Crippen LogP contribution in [0.5, 0.6) is 0 Å². The highest BCUT2D eigenvalue weighted by Gasteiger charge is 2.25. The quantitative estimate of drug-likeness (QED) is 0.789. The molecule has 1 unspecified atom stereocenters. The molecular formula is C20H22N2O. The first-order valence-corrected chi connectivity index (χ1v) is 8.21. The van der Waals surface area contributed by atoms with Gasteiger partial charge >= 0.3 is 0 Å². The minimum atomic E-state index is -0.0514. The second-order valence-electron chi connectivity index (χ2n) is 5.99. The summed E-state index contributed by atoms with van der Waals surface area (Å²) < 4.78 is 6.49. The lowest BCUT2D eigenvalue weighted by atomic mass is 10.0. The van der Waals surface area contributed by atoms with Gasteiger partial charge in [0.05, 0.1) is 18.7 Å². The third kappa shape index (κ3) is 4.19. The lowest BCUT2D eigenvalue weighted by Gasteiger charge is -2.33. The molecule has 0 amide bonds. The molecule has 2 aromatic carbocycles. The normalized spacial score (nSPS) is 18.7. The fourth-order valence-corrected chi connectivity index (χ4v) is 3.17. The van der Waals surface area contributed by atoms with E-state index < -0.39 is 0 Å². The van der Waals surface area contributed by atoms with E-state index in [0.29, 0.717) is 6.54 Å². The second kappa shape index (κ2) is 7.92. The van der Waals surface area contributed by atoms with Gasteiger partial charge in [0.2, 0.25) is 0 Å².